The third-order valence-corrected chi connectivity index (χ3v) is 4.33. The van der Waals surface area contributed by atoms with Gasteiger partial charge in [-0.3, -0.25) is 14.4 Å². The van der Waals surface area contributed by atoms with Crippen molar-refractivity contribution in [1.82, 2.24) is 15.5 Å². The number of rotatable bonds is 8. The van der Waals surface area contributed by atoms with Gasteiger partial charge in [-0.15, -0.1) is 0 Å². The summed E-state index contributed by atoms with van der Waals surface area (Å²) in [5, 5.41) is 6.01. The van der Waals surface area contributed by atoms with Gasteiger partial charge in [-0.2, -0.15) is 0 Å². The van der Waals surface area contributed by atoms with Gasteiger partial charge < -0.3 is 20.3 Å². The second-order valence-corrected chi connectivity index (χ2v) is 6.86. The van der Waals surface area contributed by atoms with Crippen molar-refractivity contribution in [3.05, 3.63) is 29.3 Å². The van der Waals surface area contributed by atoms with Crippen LogP contribution in [0.25, 0.3) is 0 Å². The Morgan fingerprint density at radius 1 is 1.23 bits per heavy atom. The molecule has 1 aromatic rings. The maximum atomic E-state index is 12.1. The fraction of sp³-hybridized carbons (Fsp3) is 0.500. The normalized spacial score (nSPS) is 16.7. The Morgan fingerprint density at radius 2 is 1.88 bits per heavy atom. The first-order valence-electron chi connectivity index (χ1n) is 8.59. The van der Waals surface area contributed by atoms with E-state index in [0.717, 1.165) is 0 Å². The number of hydrogen-bond donors (Lipinski definition) is 2. The summed E-state index contributed by atoms with van der Waals surface area (Å²) < 4.78 is 5.33. The van der Waals surface area contributed by atoms with Gasteiger partial charge in [-0.05, 0) is 38.1 Å². The highest BCUT2D eigenvalue weighted by atomic mass is 35.5. The second-order valence-electron chi connectivity index (χ2n) is 6.42. The molecule has 8 heteroatoms. The number of carbonyl (C=O) groups excluding carboxylic acids is 3. The monoisotopic (exact) mass is 381 g/mol. The lowest BCUT2D eigenvalue weighted by atomic mass is 10.1. The molecule has 0 aromatic heterocycles. The third kappa shape index (κ3) is 5.91. The van der Waals surface area contributed by atoms with Crippen LogP contribution in [0.3, 0.4) is 0 Å². The highest BCUT2D eigenvalue weighted by molar-refractivity contribution is 6.30. The van der Waals surface area contributed by atoms with Crippen LogP contribution in [0, 0.1) is 5.92 Å². The van der Waals surface area contributed by atoms with Crippen LogP contribution in [-0.4, -0.2) is 54.9 Å². The number of likely N-dealkylation sites (tertiary alicyclic amines) is 1. The summed E-state index contributed by atoms with van der Waals surface area (Å²) in [6.45, 7) is 4.79. The van der Waals surface area contributed by atoms with Crippen molar-refractivity contribution in [2.45, 2.75) is 26.3 Å². The summed E-state index contributed by atoms with van der Waals surface area (Å²) in [5.41, 5.74) is 0. The minimum absolute atomic E-state index is 0.00722. The minimum atomic E-state index is -0.325. The lowest BCUT2D eigenvalue weighted by Gasteiger charge is -2.20. The first-order chi connectivity index (χ1) is 12.4. The Bertz CT molecular complexity index is 648. The molecule has 2 N–H and O–H groups in total. The maximum Gasteiger partial charge on any atom is 0.258 e. The van der Waals surface area contributed by atoms with E-state index in [4.69, 9.17) is 16.3 Å². The van der Waals surface area contributed by atoms with Crippen LogP contribution in [-0.2, 0) is 14.4 Å². The predicted molar refractivity (Wildman–Crippen MR) is 97.9 cm³/mol. The molecule has 1 unspecified atom stereocenters. The average Bonchev–Trinajstić information content (AvgIpc) is 3.00. The third-order valence-electron chi connectivity index (χ3n) is 4.08. The summed E-state index contributed by atoms with van der Waals surface area (Å²) in [6, 6.07) is 6.82. The SMILES string of the molecule is CC(C)N1CC(C(=O)NCCNC(=O)COc2ccc(Cl)cc2)CC1=O. The number of nitrogens with one attached hydrogen (secondary N) is 2. The van der Waals surface area contributed by atoms with Gasteiger partial charge in [0.2, 0.25) is 11.8 Å². The fourth-order valence-corrected chi connectivity index (χ4v) is 2.79. The zero-order valence-corrected chi connectivity index (χ0v) is 15.7. The molecule has 2 rings (SSSR count). The first kappa shape index (κ1) is 20.0. The minimum Gasteiger partial charge on any atom is -0.484 e. The lowest BCUT2D eigenvalue weighted by molar-refractivity contribution is -0.129. The van der Waals surface area contributed by atoms with Crippen molar-refractivity contribution in [3.63, 3.8) is 0 Å². The molecular weight excluding hydrogens is 358 g/mol. The van der Waals surface area contributed by atoms with Crippen LogP contribution >= 0.6 is 11.6 Å². The molecule has 1 aliphatic heterocycles. The van der Waals surface area contributed by atoms with E-state index in [-0.39, 0.29) is 42.7 Å². The van der Waals surface area contributed by atoms with Crippen LogP contribution in [0.2, 0.25) is 5.02 Å². The molecule has 1 saturated heterocycles. The van der Waals surface area contributed by atoms with Crippen molar-refractivity contribution in [2.24, 2.45) is 5.92 Å². The van der Waals surface area contributed by atoms with Crippen LogP contribution in [0.15, 0.2) is 24.3 Å². The van der Waals surface area contributed by atoms with Crippen LogP contribution in [0.1, 0.15) is 20.3 Å². The van der Waals surface area contributed by atoms with Crippen LogP contribution in [0.4, 0.5) is 0 Å². The first-order valence-corrected chi connectivity index (χ1v) is 8.97. The molecule has 1 aliphatic rings. The van der Waals surface area contributed by atoms with E-state index < -0.39 is 0 Å². The summed E-state index contributed by atoms with van der Waals surface area (Å²) in [6.07, 6.45) is 0.241. The summed E-state index contributed by atoms with van der Waals surface area (Å²) >= 11 is 5.77. The molecule has 1 heterocycles. The second kappa shape index (κ2) is 9.43. The standard InChI is InChI=1S/C18H24ClN3O4/c1-12(2)22-10-13(9-17(22)24)18(25)21-8-7-20-16(23)11-26-15-5-3-14(19)4-6-15/h3-6,12-13H,7-11H2,1-2H3,(H,20,23)(H,21,25). The number of benzene rings is 1. The van der Waals surface area contributed by atoms with E-state index in [1.54, 1.807) is 29.2 Å². The smallest absolute Gasteiger partial charge is 0.258 e. The highest BCUT2D eigenvalue weighted by Gasteiger charge is 2.35. The Labute approximate surface area is 158 Å². The largest absolute Gasteiger partial charge is 0.484 e. The van der Waals surface area contributed by atoms with Gasteiger partial charge in [-0.1, -0.05) is 11.6 Å². The van der Waals surface area contributed by atoms with Gasteiger partial charge in [-0.25, -0.2) is 0 Å². The van der Waals surface area contributed by atoms with E-state index in [2.05, 4.69) is 10.6 Å². The molecule has 1 aromatic carbocycles. The molecular formula is C18H24ClN3O4. The van der Waals surface area contributed by atoms with Crippen LogP contribution < -0.4 is 15.4 Å². The van der Waals surface area contributed by atoms with Crippen molar-refractivity contribution in [3.8, 4) is 5.75 Å². The van der Waals surface area contributed by atoms with Gasteiger partial charge in [0.15, 0.2) is 6.61 Å². The molecule has 0 bridgehead atoms. The van der Waals surface area contributed by atoms with Crippen LogP contribution in [0.5, 0.6) is 5.75 Å². The highest BCUT2D eigenvalue weighted by Crippen LogP contribution is 2.20. The molecule has 1 atom stereocenters. The molecule has 0 saturated carbocycles. The van der Waals surface area contributed by atoms with Gasteiger partial charge in [0.25, 0.3) is 5.91 Å². The molecule has 142 valence electrons. The number of amides is 3. The quantitative estimate of drug-likeness (QED) is 0.662. The molecule has 0 spiro atoms. The molecule has 1 fully saturated rings. The maximum absolute atomic E-state index is 12.1. The van der Waals surface area contributed by atoms with Gasteiger partial charge >= 0.3 is 0 Å². The number of ether oxygens (including phenoxy) is 1. The Kier molecular flexibility index (Phi) is 7.26. The zero-order valence-electron chi connectivity index (χ0n) is 15.0. The van der Waals surface area contributed by atoms with Gasteiger partial charge in [0.05, 0.1) is 5.92 Å². The lowest BCUT2D eigenvalue weighted by Crippen LogP contribution is -2.40. The summed E-state index contributed by atoms with van der Waals surface area (Å²) in [5.74, 6) is -0.204. The zero-order chi connectivity index (χ0) is 19.1. The molecule has 0 radical (unpaired) electrons. The fourth-order valence-electron chi connectivity index (χ4n) is 2.67. The van der Waals surface area contributed by atoms with E-state index in [0.29, 0.717) is 30.4 Å². The van der Waals surface area contributed by atoms with Crippen molar-refractivity contribution >= 4 is 29.3 Å². The Hall–Kier alpha value is -2.28. The number of carbonyl (C=O) groups is 3. The molecule has 3 amide bonds. The topological polar surface area (TPSA) is 87.7 Å². The van der Waals surface area contributed by atoms with Gasteiger partial charge in [0.1, 0.15) is 5.75 Å². The van der Waals surface area contributed by atoms with Crippen molar-refractivity contribution < 1.29 is 19.1 Å². The number of nitrogens with zero attached hydrogens (tertiary/aromatic N) is 1. The van der Waals surface area contributed by atoms with E-state index in [9.17, 15) is 14.4 Å². The Balaban J connectivity index is 1.61. The predicted octanol–water partition coefficient (Wildman–Crippen LogP) is 1.21. The summed E-state index contributed by atoms with van der Waals surface area (Å²) in [4.78, 5) is 37.4. The number of hydrogen-bond acceptors (Lipinski definition) is 4. The van der Waals surface area contributed by atoms with E-state index >= 15 is 0 Å². The van der Waals surface area contributed by atoms with E-state index in [1.807, 2.05) is 13.8 Å². The molecule has 0 aliphatic carbocycles. The summed E-state index contributed by atoms with van der Waals surface area (Å²) in [7, 11) is 0. The van der Waals surface area contributed by atoms with E-state index in [1.165, 1.54) is 0 Å². The van der Waals surface area contributed by atoms with Crippen molar-refractivity contribution in [1.29, 1.82) is 0 Å². The molecule has 7 nitrogen and oxygen atoms in total. The average molecular weight is 382 g/mol. The molecule has 26 heavy (non-hydrogen) atoms. The van der Waals surface area contributed by atoms with Gasteiger partial charge in [0, 0.05) is 37.1 Å². The number of halogens is 1. The Morgan fingerprint density at radius 3 is 2.50 bits per heavy atom. The van der Waals surface area contributed by atoms with Crippen molar-refractivity contribution in [2.75, 3.05) is 26.2 Å².